The molecule has 102 heavy (non-hydrogen) atoms. The van der Waals surface area contributed by atoms with Crippen molar-refractivity contribution >= 4 is 39.5 Å². The lowest BCUT2D eigenvalue weighted by molar-refractivity contribution is -0.161. The van der Waals surface area contributed by atoms with E-state index in [4.69, 9.17) is 37.0 Å². The molecule has 0 aliphatic rings. The zero-order valence-electron chi connectivity index (χ0n) is 67.1. The highest BCUT2D eigenvalue weighted by Crippen LogP contribution is 2.45. The van der Waals surface area contributed by atoms with Crippen LogP contribution in [0.3, 0.4) is 0 Å². The average molecular weight is 1490 g/mol. The van der Waals surface area contributed by atoms with Crippen LogP contribution in [0.4, 0.5) is 0 Å². The van der Waals surface area contributed by atoms with Gasteiger partial charge in [0, 0.05) is 25.7 Å². The first-order valence-corrected chi connectivity index (χ1v) is 45.9. The van der Waals surface area contributed by atoms with Gasteiger partial charge in [0.15, 0.2) is 12.2 Å². The second-order valence-electron chi connectivity index (χ2n) is 31.1. The molecule has 0 rings (SSSR count). The maximum absolute atomic E-state index is 13.1. The summed E-state index contributed by atoms with van der Waals surface area (Å²) in [6.07, 6.45) is 62.6. The number of esters is 4. The third-order valence-corrected chi connectivity index (χ3v) is 21.6. The second kappa shape index (κ2) is 73.2. The molecule has 0 radical (unpaired) electrons. The van der Waals surface area contributed by atoms with Gasteiger partial charge >= 0.3 is 39.5 Å². The van der Waals surface area contributed by atoms with Crippen LogP contribution in [0.5, 0.6) is 0 Å². The van der Waals surface area contributed by atoms with E-state index in [1.54, 1.807) is 0 Å². The molecule has 0 aromatic carbocycles. The van der Waals surface area contributed by atoms with Crippen molar-refractivity contribution in [2.75, 3.05) is 39.6 Å². The number of carbonyl (C=O) groups excluding carboxylic acids is 4. The molecule has 0 aliphatic carbocycles. The van der Waals surface area contributed by atoms with E-state index in [9.17, 15) is 43.2 Å². The highest BCUT2D eigenvalue weighted by molar-refractivity contribution is 7.47. The van der Waals surface area contributed by atoms with Gasteiger partial charge in [-0.3, -0.25) is 37.3 Å². The number of phosphoric acid groups is 2. The fourth-order valence-electron chi connectivity index (χ4n) is 12.8. The number of carbonyl (C=O) groups is 4. The Bertz CT molecular complexity index is 1980. The van der Waals surface area contributed by atoms with Crippen molar-refractivity contribution in [3.8, 4) is 0 Å². The van der Waals surface area contributed by atoms with E-state index in [1.807, 2.05) is 0 Å². The molecule has 6 atom stereocenters. The Kier molecular flexibility index (Phi) is 71.8. The summed E-state index contributed by atoms with van der Waals surface area (Å²) < 4.78 is 68.7. The van der Waals surface area contributed by atoms with Crippen LogP contribution in [-0.2, 0) is 65.4 Å². The van der Waals surface area contributed by atoms with Gasteiger partial charge in [-0.15, -0.1) is 0 Å². The smallest absolute Gasteiger partial charge is 0.462 e. The van der Waals surface area contributed by atoms with E-state index in [0.717, 1.165) is 114 Å². The van der Waals surface area contributed by atoms with Crippen molar-refractivity contribution in [1.29, 1.82) is 0 Å². The van der Waals surface area contributed by atoms with Gasteiger partial charge in [0.25, 0.3) is 0 Å². The number of hydrogen-bond acceptors (Lipinski definition) is 15. The molecule has 606 valence electrons. The van der Waals surface area contributed by atoms with Crippen molar-refractivity contribution in [1.82, 2.24) is 0 Å². The van der Waals surface area contributed by atoms with Crippen LogP contribution in [0.2, 0.25) is 0 Å². The predicted molar refractivity (Wildman–Crippen MR) is 418 cm³/mol. The van der Waals surface area contributed by atoms with Crippen LogP contribution in [0.1, 0.15) is 434 Å². The zero-order valence-corrected chi connectivity index (χ0v) is 68.9. The molecule has 0 amide bonds. The lowest BCUT2D eigenvalue weighted by atomic mass is 9.99. The molecule has 0 heterocycles. The van der Waals surface area contributed by atoms with Gasteiger partial charge in [-0.05, 0) is 43.4 Å². The largest absolute Gasteiger partial charge is 0.472 e. The Balaban J connectivity index is 5.18. The number of aliphatic hydroxyl groups is 1. The molecular formula is C83H162O17P2. The quantitative estimate of drug-likeness (QED) is 0.0222. The summed E-state index contributed by atoms with van der Waals surface area (Å²) in [6.45, 7) is 12.0. The van der Waals surface area contributed by atoms with Crippen LogP contribution in [0.15, 0.2) is 0 Å². The number of ether oxygens (including phenoxy) is 4. The van der Waals surface area contributed by atoms with Gasteiger partial charge in [-0.25, -0.2) is 9.13 Å². The molecule has 0 aromatic heterocycles. The Labute approximate surface area is 626 Å². The maximum atomic E-state index is 13.1. The lowest BCUT2D eigenvalue weighted by Gasteiger charge is -2.21. The predicted octanol–water partition coefficient (Wildman–Crippen LogP) is 24.9. The summed E-state index contributed by atoms with van der Waals surface area (Å²) in [6, 6.07) is 0. The minimum absolute atomic E-state index is 0.106. The van der Waals surface area contributed by atoms with Crippen LogP contribution >= 0.6 is 15.6 Å². The first kappa shape index (κ1) is 100. The number of aliphatic hydroxyl groups excluding tert-OH is 1. The highest BCUT2D eigenvalue weighted by atomic mass is 31.2. The minimum atomic E-state index is -4.96. The van der Waals surface area contributed by atoms with E-state index in [2.05, 4.69) is 48.5 Å². The van der Waals surface area contributed by atoms with Crippen molar-refractivity contribution in [2.24, 2.45) is 17.8 Å². The van der Waals surface area contributed by atoms with Crippen molar-refractivity contribution < 1.29 is 80.2 Å². The summed E-state index contributed by atoms with van der Waals surface area (Å²) in [5, 5.41) is 10.6. The molecule has 0 aliphatic heterocycles. The van der Waals surface area contributed by atoms with E-state index >= 15 is 0 Å². The second-order valence-corrected chi connectivity index (χ2v) is 34.0. The van der Waals surface area contributed by atoms with Gasteiger partial charge in [0.1, 0.15) is 19.3 Å². The van der Waals surface area contributed by atoms with Crippen LogP contribution in [0.25, 0.3) is 0 Å². The van der Waals surface area contributed by atoms with Crippen molar-refractivity contribution in [2.45, 2.75) is 452 Å². The normalized spacial score (nSPS) is 14.2. The topological polar surface area (TPSA) is 237 Å². The van der Waals surface area contributed by atoms with Crippen molar-refractivity contribution in [3.63, 3.8) is 0 Å². The monoisotopic (exact) mass is 1490 g/mol. The summed E-state index contributed by atoms with van der Waals surface area (Å²) in [7, 11) is -9.92. The third kappa shape index (κ3) is 74.9. The van der Waals surface area contributed by atoms with E-state index in [1.165, 1.54) is 238 Å². The molecule has 3 unspecified atom stereocenters. The molecule has 0 spiro atoms. The maximum Gasteiger partial charge on any atom is 0.472 e. The Morgan fingerprint density at radius 2 is 0.500 bits per heavy atom. The van der Waals surface area contributed by atoms with Crippen LogP contribution in [0, 0.1) is 17.8 Å². The van der Waals surface area contributed by atoms with E-state index < -0.39 is 97.5 Å². The Morgan fingerprint density at radius 3 is 0.745 bits per heavy atom. The molecule has 0 saturated carbocycles. The molecule has 0 bridgehead atoms. The van der Waals surface area contributed by atoms with Crippen molar-refractivity contribution in [3.05, 3.63) is 0 Å². The number of phosphoric ester groups is 2. The Hall–Kier alpha value is -1.94. The highest BCUT2D eigenvalue weighted by Gasteiger charge is 2.30. The van der Waals surface area contributed by atoms with Gasteiger partial charge in [-0.2, -0.15) is 0 Å². The summed E-state index contributed by atoms with van der Waals surface area (Å²) in [5.74, 6) is 0.324. The molecule has 17 nitrogen and oxygen atoms in total. The summed E-state index contributed by atoms with van der Waals surface area (Å²) in [4.78, 5) is 73.0. The number of unbranched alkanes of at least 4 members (excludes halogenated alkanes) is 48. The molecule has 0 aromatic rings. The molecule has 0 saturated heterocycles. The van der Waals surface area contributed by atoms with Gasteiger partial charge in [-0.1, -0.05) is 382 Å². The SMILES string of the molecule is CCCCCCCCCCC(=O)OC[C@H](COP(=O)(O)OC[C@H](O)COP(=O)(O)OC[C@@H](COC(=O)CCCCCCCCCCCCCCCCCCC(C)C)OC(=O)CCCCCCCCCCCCCCCCCCCCC(C)CC)OC(=O)CCCCCCCCCCCCC(C)C. The number of hydrogen-bond donors (Lipinski definition) is 3. The van der Waals surface area contributed by atoms with Crippen LogP contribution in [-0.4, -0.2) is 96.7 Å². The average Bonchev–Trinajstić information content (AvgIpc) is 0.934. The van der Waals surface area contributed by atoms with E-state index in [0.29, 0.717) is 25.7 Å². The first-order chi connectivity index (χ1) is 49.3. The van der Waals surface area contributed by atoms with Crippen LogP contribution < -0.4 is 0 Å². The molecular weight excluding hydrogens is 1330 g/mol. The van der Waals surface area contributed by atoms with E-state index in [-0.39, 0.29) is 25.7 Å². The minimum Gasteiger partial charge on any atom is -0.462 e. The Morgan fingerprint density at radius 1 is 0.284 bits per heavy atom. The van der Waals surface area contributed by atoms with Gasteiger partial charge < -0.3 is 33.8 Å². The third-order valence-electron chi connectivity index (χ3n) is 19.7. The summed E-state index contributed by atoms with van der Waals surface area (Å²) in [5.41, 5.74) is 0. The van der Waals surface area contributed by atoms with Gasteiger partial charge in [0.05, 0.1) is 26.4 Å². The molecule has 3 N–H and O–H groups in total. The zero-order chi connectivity index (χ0) is 75.1. The molecule has 19 heteroatoms. The fourth-order valence-corrected chi connectivity index (χ4v) is 14.4. The standard InChI is InChI=1S/C83H162O17P2/c1-8-10-11-12-13-43-50-57-64-80(85)93-70-78(99-83(88)67-60-53-46-39-33-32-35-41-48-55-62-75(5)6)72-97-101(89,90)95-68-77(84)69-96-102(91,92)98-73-79(71-94-81(86)65-58-51-44-37-30-26-22-19-18-20-24-28-34-40-47-54-61-74(3)4)100-82(87)66-59-52-45-38-31-27-23-17-15-14-16-21-25-29-36-42-49-56-63-76(7)9-2/h74-79,84H,8-73H2,1-7H3,(H,89,90)(H,91,92)/t76?,77-,78+,79+/m0/s1. The summed E-state index contributed by atoms with van der Waals surface area (Å²) >= 11 is 0. The fraction of sp³-hybridized carbons (Fsp3) is 0.952. The lowest BCUT2D eigenvalue weighted by Crippen LogP contribution is -2.30. The number of rotatable bonds is 81. The molecule has 0 fully saturated rings. The first-order valence-electron chi connectivity index (χ1n) is 42.9. The van der Waals surface area contributed by atoms with Gasteiger partial charge in [0.2, 0.25) is 0 Å².